The second-order valence-electron chi connectivity index (χ2n) is 10.5. The van der Waals surface area contributed by atoms with Crippen molar-refractivity contribution in [3.63, 3.8) is 0 Å². The molecule has 10 nitrogen and oxygen atoms in total. The van der Waals surface area contributed by atoms with Crippen LogP contribution < -0.4 is 4.72 Å². The summed E-state index contributed by atoms with van der Waals surface area (Å²) in [6.07, 6.45) is 1.42. The predicted molar refractivity (Wildman–Crippen MR) is 154 cm³/mol. The van der Waals surface area contributed by atoms with Gasteiger partial charge in [0.25, 0.3) is 0 Å². The number of benzene rings is 3. The minimum Gasteiger partial charge on any atom is -0.422 e. The average Bonchev–Trinajstić information content (AvgIpc) is 3.52. The zero-order chi connectivity index (χ0) is 29.5. The van der Waals surface area contributed by atoms with Crippen LogP contribution in [0.2, 0.25) is 0 Å². The van der Waals surface area contributed by atoms with Crippen molar-refractivity contribution in [1.82, 2.24) is 20.1 Å². The lowest BCUT2D eigenvalue weighted by molar-refractivity contribution is -0.121. The largest absolute Gasteiger partial charge is 0.422 e. The highest BCUT2D eigenvalue weighted by molar-refractivity contribution is 7.89. The van der Waals surface area contributed by atoms with E-state index in [1.165, 1.54) is 0 Å². The van der Waals surface area contributed by atoms with Gasteiger partial charge in [-0.15, -0.1) is 10.2 Å². The van der Waals surface area contributed by atoms with E-state index in [2.05, 4.69) is 20.1 Å². The molecular weight excluding hydrogens is 556 g/mol. The molecule has 0 spiro atoms. The molecule has 1 aliphatic rings. The molecule has 0 radical (unpaired) electrons. The van der Waals surface area contributed by atoms with Gasteiger partial charge in [-0.3, -0.25) is 9.52 Å². The molecule has 0 bridgehead atoms. The van der Waals surface area contributed by atoms with Gasteiger partial charge in [-0.1, -0.05) is 84.0 Å². The molecular formula is C31H28N4O6S. The molecule has 1 saturated carbocycles. The monoisotopic (exact) mass is 584 g/mol. The molecule has 214 valence electrons. The molecule has 2 aromatic heterocycles. The zero-order valence-electron chi connectivity index (χ0n) is 22.9. The lowest BCUT2D eigenvalue weighted by Gasteiger charge is -2.15. The number of carbonyl (C=O) groups excluding carboxylic acids is 1. The minimum atomic E-state index is -3.63. The van der Waals surface area contributed by atoms with Crippen molar-refractivity contribution in [2.75, 3.05) is 6.26 Å². The lowest BCUT2D eigenvalue weighted by Crippen LogP contribution is -2.38. The topological polar surface area (TPSA) is 148 Å². The molecule has 42 heavy (non-hydrogen) atoms. The minimum absolute atomic E-state index is 0.0591. The van der Waals surface area contributed by atoms with Gasteiger partial charge < -0.3 is 14.0 Å². The summed E-state index contributed by atoms with van der Waals surface area (Å²) in [5.41, 5.74) is 4.53. The fraction of sp³-hybridized carbons (Fsp3) is 0.226. The highest BCUT2D eigenvalue weighted by Crippen LogP contribution is 2.49. The van der Waals surface area contributed by atoms with Crippen molar-refractivity contribution < 1.29 is 27.3 Å². The Kier molecular flexibility index (Phi) is 6.99. The van der Waals surface area contributed by atoms with Gasteiger partial charge >= 0.3 is 0 Å². The third kappa shape index (κ3) is 5.48. The summed E-state index contributed by atoms with van der Waals surface area (Å²) in [4.78, 5) is 12.6. The normalized spacial score (nSPS) is 14.8. The number of aliphatic hydroxyl groups is 1. The van der Waals surface area contributed by atoms with Crippen molar-refractivity contribution in [1.29, 1.82) is 0 Å². The molecule has 1 aliphatic carbocycles. The molecule has 1 unspecified atom stereocenters. The number of nitrogens with one attached hydrogen (secondary N) is 1. The molecule has 1 atom stereocenters. The fourth-order valence-electron chi connectivity index (χ4n) is 5.08. The standard InChI is InChI=1S/C31H28N4O6S/c1-19-26(27(36)29-33-32-25(40-29)18-20-6-4-3-5-7-20)28(41-34-19)23-10-8-21(9-11-23)22-12-14-24(15-13-22)31(16-17-31)30(37)35-42(2,38)39/h3-15,27,36H,16-18H2,1-2H3,(H,35,37). The first-order chi connectivity index (χ1) is 20.1. The van der Waals surface area contributed by atoms with E-state index in [4.69, 9.17) is 8.94 Å². The van der Waals surface area contributed by atoms with Gasteiger partial charge in [0.15, 0.2) is 11.9 Å². The number of sulfonamides is 1. The van der Waals surface area contributed by atoms with E-state index < -0.39 is 27.4 Å². The first-order valence-electron chi connectivity index (χ1n) is 13.4. The van der Waals surface area contributed by atoms with Crippen molar-refractivity contribution >= 4 is 15.9 Å². The van der Waals surface area contributed by atoms with Crippen molar-refractivity contribution in [3.05, 3.63) is 113 Å². The lowest BCUT2D eigenvalue weighted by atomic mass is 9.93. The van der Waals surface area contributed by atoms with Gasteiger partial charge in [0.1, 0.15) is 0 Å². The van der Waals surface area contributed by atoms with Crippen LogP contribution in [0.4, 0.5) is 0 Å². The van der Waals surface area contributed by atoms with E-state index in [-0.39, 0.29) is 5.89 Å². The number of hydrogen-bond acceptors (Lipinski definition) is 9. The van der Waals surface area contributed by atoms with Crippen LogP contribution in [0.15, 0.2) is 87.8 Å². The van der Waals surface area contributed by atoms with Gasteiger partial charge in [-0.05, 0) is 42.0 Å². The van der Waals surface area contributed by atoms with Crippen LogP contribution in [-0.2, 0) is 26.7 Å². The molecule has 11 heteroatoms. The zero-order valence-corrected chi connectivity index (χ0v) is 23.8. The maximum absolute atomic E-state index is 12.6. The van der Waals surface area contributed by atoms with E-state index in [0.29, 0.717) is 47.7 Å². The first-order valence-corrected chi connectivity index (χ1v) is 15.3. The molecule has 0 saturated heterocycles. The van der Waals surface area contributed by atoms with Crippen molar-refractivity contribution in [3.8, 4) is 22.5 Å². The maximum Gasteiger partial charge on any atom is 0.249 e. The fourth-order valence-corrected chi connectivity index (χ4v) is 5.62. The number of aryl methyl sites for hydroxylation is 1. The van der Waals surface area contributed by atoms with Crippen LogP contribution in [0, 0.1) is 6.92 Å². The third-order valence-electron chi connectivity index (χ3n) is 7.48. The van der Waals surface area contributed by atoms with Crippen LogP contribution >= 0.6 is 0 Å². The SMILES string of the molecule is Cc1noc(-c2ccc(-c3ccc(C4(C(=O)NS(C)(=O)=O)CC4)cc3)cc2)c1C(O)c1nnc(Cc2ccccc2)o1. The Balaban J connectivity index is 1.20. The van der Waals surface area contributed by atoms with Gasteiger partial charge in [-0.25, -0.2) is 8.42 Å². The van der Waals surface area contributed by atoms with Crippen molar-refractivity contribution in [2.45, 2.75) is 37.7 Å². The van der Waals surface area contributed by atoms with Crippen LogP contribution in [0.3, 0.4) is 0 Å². The summed E-state index contributed by atoms with van der Waals surface area (Å²) >= 11 is 0. The van der Waals surface area contributed by atoms with Crippen LogP contribution in [0.1, 0.15) is 53.1 Å². The number of amides is 1. The Bertz CT molecular complexity index is 1840. The maximum atomic E-state index is 12.6. The van der Waals surface area contributed by atoms with Gasteiger partial charge in [-0.2, -0.15) is 0 Å². The Hall–Kier alpha value is -4.61. The molecule has 3 aromatic carbocycles. The number of aliphatic hydroxyl groups excluding tert-OH is 1. The Morgan fingerprint density at radius 3 is 2.19 bits per heavy atom. The molecule has 1 fully saturated rings. The van der Waals surface area contributed by atoms with E-state index >= 15 is 0 Å². The number of rotatable bonds is 9. The van der Waals surface area contributed by atoms with Crippen LogP contribution in [0.5, 0.6) is 0 Å². The summed E-state index contributed by atoms with van der Waals surface area (Å²) < 4.78 is 36.6. The van der Waals surface area contributed by atoms with Crippen molar-refractivity contribution in [2.24, 2.45) is 0 Å². The number of aromatic nitrogens is 3. The highest BCUT2D eigenvalue weighted by atomic mass is 32.2. The summed E-state index contributed by atoms with van der Waals surface area (Å²) in [6.45, 7) is 1.74. The van der Waals surface area contributed by atoms with Crippen LogP contribution in [-0.4, -0.2) is 41.0 Å². The number of carbonyl (C=O) groups is 1. The predicted octanol–water partition coefficient (Wildman–Crippen LogP) is 4.48. The first kappa shape index (κ1) is 27.6. The van der Waals surface area contributed by atoms with Gasteiger partial charge in [0.2, 0.25) is 27.7 Å². The number of hydrogen-bond donors (Lipinski definition) is 2. The average molecular weight is 585 g/mol. The molecule has 2 heterocycles. The van der Waals surface area contributed by atoms with E-state index in [1.807, 2.05) is 78.9 Å². The molecule has 5 aromatic rings. The Morgan fingerprint density at radius 1 is 0.952 bits per heavy atom. The third-order valence-corrected chi connectivity index (χ3v) is 8.03. The molecule has 0 aliphatic heterocycles. The van der Waals surface area contributed by atoms with Gasteiger partial charge in [0, 0.05) is 5.56 Å². The van der Waals surface area contributed by atoms with E-state index in [0.717, 1.165) is 28.5 Å². The summed E-state index contributed by atoms with van der Waals surface area (Å²) in [6, 6.07) is 24.9. The quantitative estimate of drug-likeness (QED) is 0.256. The van der Waals surface area contributed by atoms with E-state index in [1.54, 1.807) is 6.92 Å². The summed E-state index contributed by atoms with van der Waals surface area (Å²) in [7, 11) is -3.63. The Morgan fingerprint density at radius 2 is 1.57 bits per heavy atom. The Labute approximate surface area is 242 Å². The smallest absolute Gasteiger partial charge is 0.249 e. The van der Waals surface area contributed by atoms with Crippen LogP contribution in [0.25, 0.3) is 22.5 Å². The highest BCUT2D eigenvalue weighted by Gasteiger charge is 2.52. The number of nitrogens with zero attached hydrogens (tertiary/aromatic N) is 3. The molecule has 6 rings (SSSR count). The molecule has 2 N–H and O–H groups in total. The second kappa shape index (κ2) is 10.7. The summed E-state index contributed by atoms with van der Waals surface area (Å²) in [5, 5.41) is 23.4. The summed E-state index contributed by atoms with van der Waals surface area (Å²) in [5.74, 6) is 0.362. The second-order valence-corrected chi connectivity index (χ2v) is 12.3. The van der Waals surface area contributed by atoms with E-state index in [9.17, 15) is 18.3 Å². The molecule has 1 amide bonds. The van der Waals surface area contributed by atoms with Gasteiger partial charge in [0.05, 0.1) is 29.3 Å².